The molecule has 0 spiro atoms. The van der Waals surface area contributed by atoms with E-state index >= 15 is 0 Å². The molecule has 0 radical (unpaired) electrons. The first kappa shape index (κ1) is 22.2. The molecule has 1 aromatic carbocycles. The summed E-state index contributed by atoms with van der Waals surface area (Å²) in [6, 6.07) is 4.48. The van der Waals surface area contributed by atoms with Crippen LogP contribution < -0.4 is 4.90 Å². The molecule has 2 aliphatic rings. The van der Waals surface area contributed by atoms with Gasteiger partial charge in [-0.3, -0.25) is 4.90 Å². The van der Waals surface area contributed by atoms with Crippen LogP contribution in [0.1, 0.15) is 17.7 Å². The lowest BCUT2D eigenvalue weighted by Gasteiger charge is -2.17. The third-order valence-electron chi connectivity index (χ3n) is 4.95. The number of carbonyl (C=O) groups excluding carboxylic acids is 1. The SMILES string of the molecule is O=C1OC(Cn2cc(C=C(Br)Br)nn2)CN1c1ccc(C2=CCS(=O)(=O)CC2)c(F)c1. The van der Waals surface area contributed by atoms with Gasteiger partial charge in [-0.25, -0.2) is 22.3 Å². The van der Waals surface area contributed by atoms with E-state index in [1.165, 1.54) is 11.0 Å². The van der Waals surface area contributed by atoms with Crippen LogP contribution in [0, 0.1) is 5.82 Å². The Hall–Kier alpha value is -2.05. The molecular formula is C19H17Br2FN4O4S. The third kappa shape index (κ3) is 5.24. The minimum atomic E-state index is -3.09. The molecule has 1 fully saturated rings. The van der Waals surface area contributed by atoms with Gasteiger partial charge in [-0.05, 0) is 68.1 Å². The summed E-state index contributed by atoms with van der Waals surface area (Å²) >= 11 is 6.51. The average Bonchev–Trinajstić information content (AvgIpc) is 3.28. The lowest BCUT2D eigenvalue weighted by atomic mass is 10.0. The van der Waals surface area contributed by atoms with Crippen molar-refractivity contribution in [2.45, 2.75) is 19.1 Å². The number of aromatic nitrogens is 3. The summed E-state index contributed by atoms with van der Waals surface area (Å²) in [5.41, 5.74) is 2.02. The van der Waals surface area contributed by atoms with Crippen LogP contribution in [0.2, 0.25) is 0 Å². The molecule has 1 amide bonds. The zero-order valence-corrected chi connectivity index (χ0v) is 20.0. The Balaban J connectivity index is 1.46. The number of carbonyl (C=O) groups is 1. The highest BCUT2D eigenvalue weighted by atomic mass is 79.9. The topological polar surface area (TPSA) is 94.4 Å². The lowest BCUT2D eigenvalue weighted by molar-refractivity contribution is 0.129. The normalized spacial score (nSPS) is 20.4. The van der Waals surface area contributed by atoms with Gasteiger partial charge in [0.1, 0.15) is 17.6 Å². The minimum absolute atomic E-state index is 0.00649. The number of rotatable bonds is 5. The first-order valence-corrected chi connectivity index (χ1v) is 12.7. The van der Waals surface area contributed by atoms with Gasteiger partial charge in [-0.2, -0.15) is 0 Å². The fourth-order valence-corrected chi connectivity index (χ4v) is 5.09. The van der Waals surface area contributed by atoms with E-state index in [0.29, 0.717) is 29.1 Å². The van der Waals surface area contributed by atoms with Crippen LogP contribution in [0.4, 0.5) is 14.9 Å². The number of cyclic esters (lactones) is 1. The highest BCUT2D eigenvalue weighted by Gasteiger charge is 2.33. The maximum Gasteiger partial charge on any atom is 0.414 e. The van der Waals surface area contributed by atoms with E-state index in [0.717, 1.165) is 3.39 Å². The van der Waals surface area contributed by atoms with Gasteiger partial charge in [0.15, 0.2) is 9.84 Å². The molecule has 0 saturated carbocycles. The third-order valence-corrected chi connectivity index (χ3v) is 6.91. The quantitative estimate of drug-likeness (QED) is 0.539. The van der Waals surface area contributed by atoms with Crippen molar-refractivity contribution >= 4 is 65.1 Å². The van der Waals surface area contributed by atoms with Gasteiger partial charge in [-0.1, -0.05) is 11.3 Å². The van der Waals surface area contributed by atoms with E-state index in [1.807, 2.05) is 0 Å². The first-order chi connectivity index (χ1) is 14.7. The van der Waals surface area contributed by atoms with E-state index in [2.05, 4.69) is 42.2 Å². The van der Waals surface area contributed by atoms with Gasteiger partial charge >= 0.3 is 6.09 Å². The number of hydrogen-bond donors (Lipinski definition) is 0. The van der Waals surface area contributed by atoms with Crippen molar-refractivity contribution in [1.82, 2.24) is 15.0 Å². The predicted octanol–water partition coefficient (Wildman–Crippen LogP) is 3.73. The Labute approximate surface area is 194 Å². The molecule has 1 atom stereocenters. The van der Waals surface area contributed by atoms with Gasteiger partial charge in [0.25, 0.3) is 0 Å². The van der Waals surface area contributed by atoms with Gasteiger partial charge in [-0.15, -0.1) is 5.10 Å². The molecule has 4 rings (SSSR count). The summed E-state index contributed by atoms with van der Waals surface area (Å²) in [6.07, 6.45) is 4.24. The molecule has 3 heterocycles. The Kier molecular flexibility index (Phi) is 6.31. The number of benzene rings is 1. The van der Waals surface area contributed by atoms with Crippen molar-refractivity contribution in [3.8, 4) is 0 Å². The van der Waals surface area contributed by atoms with Crippen LogP contribution in [0.5, 0.6) is 0 Å². The fraction of sp³-hybridized carbons (Fsp3) is 0.316. The summed E-state index contributed by atoms with van der Waals surface area (Å²) in [5, 5.41) is 8.00. The molecule has 1 aromatic heterocycles. The Bertz CT molecular complexity index is 1190. The first-order valence-electron chi connectivity index (χ1n) is 9.30. The molecule has 164 valence electrons. The summed E-state index contributed by atoms with van der Waals surface area (Å²) in [4.78, 5) is 13.7. The maximum atomic E-state index is 14.8. The van der Waals surface area contributed by atoms with Gasteiger partial charge in [0, 0.05) is 5.56 Å². The smallest absolute Gasteiger partial charge is 0.414 e. The highest BCUT2D eigenvalue weighted by molar-refractivity contribution is 9.28. The van der Waals surface area contributed by atoms with Gasteiger partial charge < -0.3 is 4.74 Å². The zero-order valence-electron chi connectivity index (χ0n) is 16.0. The van der Waals surface area contributed by atoms with Gasteiger partial charge in [0.2, 0.25) is 0 Å². The van der Waals surface area contributed by atoms with Crippen molar-refractivity contribution < 1.29 is 22.3 Å². The number of allylic oxidation sites excluding steroid dienone is 1. The summed E-state index contributed by atoms with van der Waals surface area (Å²) in [7, 11) is -3.09. The van der Waals surface area contributed by atoms with Gasteiger partial charge in [0.05, 0.1) is 39.9 Å². The van der Waals surface area contributed by atoms with E-state index in [4.69, 9.17) is 4.74 Å². The van der Waals surface area contributed by atoms with Crippen LogP contribution >= 0.6 is 31.9 Å². The molecule has 1 saturated heterocycles. The van der Waals surface area contributed by atoms with Crippen LogP contribution in [0.3, 0.4) is 0 Å². The molecular weight excluding hydrogens is 559 g/mol. The average molecular weight is 576 g/mol. The number of ether oxygens (including phenoxy) is 1. The monoisotopic (exact) mass is 574 g/mol. The van der Waals surface area contributed by atoms with E-state index in [-0.39, 0.29) is 24.5 Å². The Morgan fingerprint density at radius 1 is 1.35 bits per heavy atom. The molecule has 1 unspecified atom stereocenters. The number of amides is 1. The highest BCUT2D eigenvalue weighted by Crippen LogP contribution is 2.30. The van der Waals surface area contributed by atoms with Crippen molar-refractivity contribution in [1.29, 1.82) is 0 Å². The van der Waals surface area contributed by atoms with Crippen LogP contribution in [0.15, 0.2) is 33.9 Å². The van der Waals surface area contributed by atoms with Crippen molar-refractivity contribution in [3.05, 3.63) is 50.9 Å². The summed E-state index contributed by atoms with van der Waals surface area (Å²) in [5.74, 6) is -0.588. The zero-order chi connectivity index (χ0) is 22.2. The second-order valence-electron chi connectivity index (χ2n) is 7.17. The second kappa shape index (κ2) is 8.83. The molecule has 0 N–H and O–H groups in total. The van der Waals surface area contributed by atoms with Crippen LogP contribution in [0.25, 0.3) is 11.6 Å². The number of anilines is 1. The van der Waals surface area contributed by atoms with Crippen LogP contribution in [-0.4, -0.2) is 53.7 Å². The number of nitrogens with zero attached hydrogens (tertiary/aromatic N) is 4. The number of sulfone groups is 1. The molecule has 0 aliphatic carbocycles. The molecule has 31 heavy (non-hydrogen) atoms. The fourth-order valence-electron chi connectivity index (χ4n) is 3.47. The van der Waals surface area contributed by atoms with E-state index in [1.54, 1.807) is 35.2 Å². The molecule has 0 bridgehead atoms. The minimum Gasteiger partial charge on any atom is -0.442 e. The summed E-state index contributed by atoms with van der Waals surface area (Å²) < 4.78 is 45.6. The summed E-state index contributed by atoms with van der Waals surface area (Å²) in [6.45, 7) is 0.552. The molecule has 2 aliphatic heterocycles. The predicted molar refractivity (Wildman–Crippen MR) is 121 cm³/mol. The van der Waals surface area contributed by atoms with Crippen molar-refractivity contribution in [2.75, 3.05) is 23.0 Å². The number of hydrogen-bond acceptors (Lipinski definition) is 6. The van der Waals surface area contributed by atoms with E-state index < -0.39 is 27.9 Å². The second-order valence-corrected chi connectivity index (χ2v) is 12.2. The number of halogens is 3. The molecule has 8 nitrogen and oxygen atoms in total. The van der Waals surface area contributed by atoms with Crippen molar-refractivity contribution in [3.63, 3.8) is 0 Å². The van der Waals surface area contributed by atoms with Crippen molar-refractivity contribution in [2.24, 2.45) is 0 Å². The largest absolute Gasteiger partial charge is 0.442 e. The lowest BCUT2D eigenvalue weighted by Crippen LogP contribution is -2.26. The Morgan fingerprint density at radius 2 is 2.16 bits per heavy atom. The molecule has 2 aromatic rings. The standard InChI is InChI=1S/C19H17Br2FN4O4S/c20-18(21)7-13-9-25(24-23-13)10-15-11-26(19(27)30-15)14-1-2-16(17(22)8-14)12-3-5-31(28,29)6-4-12/h1-3,7-9,15H,4-6,10-11H2. The molecule has 12 heteroatoms. The Morgan fingerprint density at radius 3 is 2.84 bits per heavy atom. The van der Waals surface area contributed by atoms with E-state index in [9.17, 15) is 17.6 Å². The van der Waals surface area contributed by atoms with Crippen LogP contribution in [-0.2, 0) is 21.1 Å². The maximum absolute atomic E-state index is 14.8.